The minimum Gasteiger partial charge on any atom is -0.401 e. The Kier molecular flexibility index (Phi) is 4.01. The number of hydrogen-bond donors (Lipinski definition) is 1. The quantitative estimate of drug-likeness (QED) is 0.797. The largest absolute Gasteiger partial charge is 0.401 e. The van der Waals surface area contributed by atoms with E-state index >= 15 is 0 Å². The molecule has 0 aliphatic heterocycles. The van der Waals surface area contributed by atoms with Crippen LogP contribution >= 0.6 is 0 Å². The maximum Gasteiger partial charge on any atom is 0.322 e. The number of hydrogen-bond acceptors (Lipinski definition) is 6. The third kappa shape index (κ3) is 3.34. The second-order valence-corrected chi connectivity index (χ2v) is 5.02. The Morgan fingerprint density at radius 1 is 1.09 bits per heavy atom. The predicted octanol–water partition coefficient (Wildman–Crippen LogP) is 2.45. The van der Waals surface area contributed by atoms with Gasteiger partial charge in [0, 0.05) is 31.5 Å². The van der Waals surface area contributed by atoms with Gasteiger partial charge >= 0.3 is 6.01 Å². The lowest BCUT2D eigenvalue weighted by molar-refractivity contribution is 0.102. The number of amides is 1. The van der Waals surface area contributed by atoms with E-state index in [2.05, 4.69) is 20.5 Å². The van der Waals surface area contributed by atoms with Gasteiger partial charge in [-0.2, -0.15) is 0 Å². The zero-order chi connectivity index (χ0) is 16.2. The van der Waals surface area contributed by atoms with Gasteiger partial charge in [0.2, 0.25) is 0 Å². The van der Waals surface area contributed by atoms with Crippen LogP contribution in [0.2, 0.25) is 0 Å². The second kappa shape index (κ2) is 6.27. The number of carbonyl (C=O) groups is 1. The van der Waals surface area contributed by atoms with Crippen LogP contribution in [-0.2, 0) is 0 Å². The van der Waals surface area contributed by atoms with E-state index in [1.54, 1.807) is 30.5 Å². The van der Waals surface area contributed by atoms with Crippen molar-refractivity contribution in [3.8, 4) is 11.6 Å². The van der Waals surface area contributed by atoms with E-state index in [1.807, 2.05) is 37.2 Å². The first-order valence-corrected chi connectivity index (χ1v) is 6.97. The number of nitrogens with zero attached hydrogens (tertiary/aromatic N) is 4. The number of anilines is 2. The summed E-state index contributed by atoms with van der Waals surface area (Å²) in [6.07, 6.45) is 1.63. The van der Waals surface area contributed by atoms with Crippen molar-refractivity contribution in [1.82, 2.24) is 15.2 Å². The van der Waals surface area contributed by atoms with Gasteiger partial charge in [0.05, 0.1) is 0 Å². The first-order chi connectivity index (χ1) is 11.1. The Balaban J connectivity index is 1.72. The van der Waals surface area contributed by atoms with E-state index in [1.165, 1.54) is 0 Å². The first kappa shape index (κ1) is 14.7. The van der Waals surface area contributed by atoms with Gasteiger partial charge in [-0.1, -0.05) is 11.2 Å². The summed E-state index contributed by atoms with van der Waals surface area (Å²) in [6.45, 7) is 0. The molecule has 0 bridgehead atoms. The van der Waals surface area contributed by atoms with Gasteiger partial charge in [0.25, 0.3) is 11.8 Å². The third-order valence-corrected chi connectivity index (χ3v) is 3.18. The smallest absolute Gasteiger partial charge is 0.322 e. The van der Waals surface area contributed by atoms with Crippen molar-refractivity contribution < 1.29 is 9.21 Å². The van der Waals surface area contributed by atoms with Crippen molar-refractivity contribution in [2.75, 3.05) is 24.3 Å². The summed E-state index contributed by atoms with van der Waals surface area (Å²) >= 11 is 0. The molecule has 1 amide bonds. The highest BCUT2D eigenvalue weighted by molar-refractivity contribution is 6.03. The molecule has 1 aromatic carbocycles. The fourth-order valence-corrected chi connectivity index (χ4v) is 1.95. The van der Waals surface area contributed by atoms with Crippen molar-refractivity contribution in [1.29, 1.82) is 0 Å². The van der Waals surface area contributed by atoms with E-state index in [0.717, 1.165) is 5.69 Å². The van der Waals surface area contributed by atoms with Crippen LogP contribution in [0.15, 0.2) is 53.1 Å². The van der Waals surface area contributed by atoms with Crippen LogP contribution in [0, 0.1) is 0 Å². The molecule has 7 heteroatoms. The Hall–Kier alpha value is -3.22. The first-order valence-electron chi connectivity index (χ1n) is 6.97. The van der Waals surface area contributed by atoms with Crippen LogP contribution in [0.5, 0.6) is 0 Å². The van der Waals surface area contributed by atoms with Gasteiger partial charge < -0.3 is 9.32 Å². The number of aromatic nitrogens is 3. The van der Waals surface area contributed by atoms with Crippen molar-refractivity contribution in [2.45, 2.75) is 0 Å². The van der Waals surface area contributed by atoms with Crippen molar-refractivity contribution in [2.24, 2.45) is 0 Å². The molecule has 0 atom stereocenters. The number of rotatable bonds is 4. The standard InChI is InChI=1S/C16H15N5O2/c1-21(2)12-8-6-11(7-9-12)14(22)18-16-20-19-15(23-16)13-5-3-4-10-17-13/h3-10H,1-2H3,(H,18,20,22). The van der Waals surface area contributed by atoms with Crippen LogP contribution in [-0.4, -0.2) is 35.2 Å². The van der Waals surface area contributed by atoms with Gasteiger partial charge in [-0.3, -0.25) is 15.1 Å². The minimum absolute atomic E-state index is 0.0346. The predicted molar refractivity (Wildman–Crippen MR) is 86.3 cm³/mol. The van der Waals surface area contributed by atoms with Gasteiger partial charge in [0.15, 0.2) is 0 Å². The number of nitrogens with one attached hydrogen (secondary N) is 1. The lowest BCUT2D eigenvalue weighted by Crippen LogP contribution is -2.13. The van der Waals surface area contributed by atoms with Crippen molar-refractivity contribution >= 4 is 17.6 Å². The molecule has 3 rings (SSSR count). The van der Waals surface area contributed by atoms with Crippen LogP contribution < -0.4 is 10.2 Å². The number of pyridine rings is 1. The topological polar surface area (TPSA) is 84.2 Å². The molecular formula is C16H15N5O2. The second-order valence-electron chi connectivity index (χ2n) is 5.02. The average Bonchev–Trinajstić information content (AvgIpc) is 3.04. The van der Waals surface area contributed by atoms with E-state index in [0.29, 0.717) is 11.3 Å². The fourth-order valence-electron chi connectivity index (χ4n) is 1.95. The summed E-state index contributed by atoms with van der Waals surface area (Å²) in [5, 5.41) is 10.3. The van der Waals surface area contributed by atoms with E-state index < -0.39 is 0 Å². The van der Waals surface area contributed by atoms with Gasteiger partial charge in [-0.25, -0.2) is 0 Å². The molecule has 23 heavy (non-hydrogen) atoms. The molecule has 0 radical (unpaired) electrons. The maximum absolute atomic E-state index is 12.2. The molecule has 0 unspecified atom stereocenters. The molecule has 7 nitrogen and oxygen atoms in total. The van der Waals surface area contributed by atoms with Crippen LogP contribution in [0.1, 0.15) is 10.4 Å². The molecular weight excluding hydrogens is 294 g/mol. The van der Waals surface area contributed by atoms with E-state index in [-0.39, 0.29) is 17.8 Å². The molecule has 2 aromatic heterocycles. The van der Waals surface area contributed by atoms with Crippen molar-refractivity contribution in [3.63, 3.8) is 0 Å². The summed E-state index contributed by atoms with van der Waals surface area (Å²) in [7, 11) is 3.87. The van der Waals surface area contributed by atoms with Crippen LogP contribution in [0.3, 0.4) is 0 Å². The lowest BCUT2D eigenvalue weighted by atomic mass is 10.2. The van der Waals surface area contributed by atoms with Crippen LogP contribution in [0.4, 0.5) is 11.7 Å². The molecule has 2 heterocycles. The fraction of sp³-hybridized carbons (Fsp3) is 0.125. The zero-order valence-electron chi connectivity index (χ0n) is 12.7. The molecule has 1 N–H and O–H groups in total. The highest BCUT2D eigenvalue weighted by Gasteiger charge is 2.13. The summed E-state index contributed by atoms with van der Waals surface area (Å²) < 4.78 is 5.40. The molecule has 3 aromatic rings. The summed E-state index contributed by atoms with van der Waals surface area (Å²) in [5.74, 6) is -0.0598. The molecule has 0 saturated heterocycles. The number of carbonyl (C=O) groups excluding carboxylic acids is 1. The van der Waals surface area contributed by atoms with Gasteiger partial charge in [-0.15, -0.1) is 5.10 Å². The molecule has 116 valence electrons. The molecule has 0 spiro atoms. The molecule has 0 aliphatic rings. The van der Waals surface area contributed by atoms with E-state index in [9.17, 15) is 4.79 Å². The highest BCUT2D eigenvalue weighted by atomic mass is 16.4. The summed E-state index contributed by atoms with van der Waals surface area (Å²) in [6, 6.07) is 12.6. The summed E-state index contributed by atoms with van der Waals surface area (Å²) in [4.78, 5) is 18.2. The Morgan fingerprint density at radius 3 is 2.52 bits per heavy atom. The summed E-state index contributed by atoms with van der Waals surface area (Å²) in [5.41, 5.74) is 2.07. The lowest BCUT2D eigenvalue weighted by Gasteiger charge is -2.12. The molecule has 0 aliphatic carbocycles. The third-order valence-electron chi connectivity index (χ3n) is 3.18. The van der Waals surface area contributed by atoms with Gasteiger partial charge in [-0.05, 0) is 36.4 Å². The monoisotopic (exact) mass is 309 g/mol. The Labute approximate surface area is 133 Å². The molecule has 0 fully saturated rings. The Bertz CT molecular complexity index is 797. The highest BCUT2D eigenvalue weighted by Crippen LogP contribution is 2.18. The normalized spacial score (nSPS) is 10.3. The van der Waals surface area contributed by atoms with E-state index in [4.69, 9.17) is 4.42 Å². The van der Waals surface area contributed by atoms with Gasteiger partial charge in [0.1, 0.15) is 5.69 Å². The van der Waals surface area contributed by atoms with Crippen LogP contribution in [0.25, 0.3) is 11.6 Å². The zero-order valence-corrected chi connectivity index (χ0v) is 12.7. The minimum atomic E-state index is -0.313. The average molecular weight is 309 g/mol. The maximum atomic E-state index is 12.2. The Morgan fingerprint density at radius 2 is 1.87 bits per heavy atom. The SMILES string of the molecule is CN(C)c1ccc(C(=O)Nc2nnc(-c3ccccn3)o2)cc1. The number of benzene rings is 1. The molecule has 0 saturated carbocycles. The van der Waals surface area contributed by atoms with Crippen molar-refractivity contribution in [3.05, 3.63) is 54.2 Å².